The second kappa shape index (κ2) is 8.77. The van der Waals surface area contributed by atoms with Gasteiger partial charge in [0, 0.05) is 31.2 Å². The fourth-order valence-corrected chi connectivity index (χ4v) is 2.41. The fraction of sp³-hybridized carbons (Fsp3) is 0.111. The van der Waals surface area contributed by atoms with Crippen LogP contribution in [0, 0.1) is 0 Å². The normalized spacial score (nSPS) is 10.2. The Morgan fingerprint density at radius 1 is 0.923 bits per heavy atom. The van der Waals surface area contributed by atoms with Crippen LogP contribution in [0.3, 0.4) is 0 Å². The molecule has 0 atom stereocenters. The van der Waals surface area contributed by atoms with Crippen molar-refractivity contribution in [2.24, 2.45) is 0 Å². The molecule has 7 nitrogen and oxygen atoms in total. The summed E-state index contributed by atoms with van der Waals surface area (Å²) in [5, 5.41) is 17.6. The summed E-state index contributed by atoms with van der Waals surface area (Å²) in [6, 6.07) is 14.2. The van der Waals surface area contributed by atoms with Gasteiger partial charge in [0.05, 0.1) is 10.6 Å². The molecule has 0 spiro atoms. The maximum Gasteiger partial charge on any atom is 0.252 e. The molecule has 1 aromatic carbocycles. The second-order valence-electron chi connectivity index (χ2n) is 5.33. The molecule has 2 aromatic heterocycles. The lowest BCUT2D eigenvalue weighted by Crippen LogP contribution is -2.29. The average molecular weight is 369 g/mol. The van der Waals surface area contributed by atoms with Crippen molar-refractivity contribution < 1.29 is 4.79 Å². The van der Waals surface area contributed by atoms with E-state index in [1.165, 1.54) is 0 Å². The summed E-state index contributed by atoms with van der Waals surface area (Å²) in [7, 11) is 0. The molecule has 8 heteroatoms. The summed E-state index contributed by atoms with van der Waals surface area (Å²) >= 11 is 6.00. The van der Waals surface area contributed by atoms with Gasteiger partial charge in [0.25, 0.3) is 5.91 Å². The van der Waals surface area contributed by atoms with Gasteiger partial charge in [0.1, 0.15) is 5.82 Å². The predicted octanol–water partition coefficient (Wildman–Crippen LogP) is 3.11. The number of aromatic nitrogens is 3. The van der Waals surface area contributed by atoms with Crippen molar-refractivity contribution in [2.75, 3.05) is 23.7 Å². The molecule has 0 aliphatic carbocycles. The summed E-state index contributed by atoms with van der Waals surface area (Å²) < 4.78 is 0. The molecular weight excluding hydrogens is 352 g/mol. The molecule has 3 rings (SSSR count). The van der Waals surface area contributed by atoms with Crippen LogP contribution in [-0.4, -0.2) is 34.2 Å². The minimum atomic E-state index is -0.208. The smallest absolute Gasteiger partial charge is 0.252 e. The van der Waals surface area contributed by atoms with E-state index in [1.807, 2.05) is 24.3 Å². The van der Waals surface area contributed by atoms with Crippen molar-refractivity contribution in [3.05, 3.63) is 71.5 Å². The van der Waals surface area contributed by atoms with Crippen LogP contribution >= 0.6 is 11.6 Å². The molecule has 0 unspecified atom stereocenters. The zero-order valence-electron chi connectivity index (χ0n) is 13.8. The number of nitrogens with one attached hydrogen (secondary N) is 3. The Kier molecular flexibility index (Phi) is 5.95. The Hall–Kier alpha value is -3.19. The maximum atomic E-state index is 12.0. The Labute approximate surface area is 155 Å². The number of nitrogens with zero attached hydrogens (tertiary/aromatic N) is 3. The lowest BCUT2D eigenvalue weighted by Gasteiger charge is -2.09. The Bertz CT molecular complexity index is 857. The van der Waals surface area contributed by atoms with Gasteiger partial charge in [0.2, 0.25) is 0 Å². The first-order valence-electron chi connectivity index (χ1n) is 8.00. The standard InChI is InChI=1S/C18H17ClN6O/c19-15-4-2-1-3-14(15)18(26)22-12-11-21-16-5-6-17(25-24-16)23-13-7-9-20-10-8-13/h1-10H,11-12H2,(H,21,24)(H,22,26)(H,20,23,25). The van der Waals surface area contributed by atoms with E-state index in [1.54, 1.807) is 36.7 Å². The van der Waals surface area contributed by atoms with Crippen molar-refractivity contribution >= 4 is 34.8 Å². The molecule has 0 aliphatic rings. The van der Waals surface area contributed by atoms with Crippen LogP contribution in [0.25, 0.3) is 0 Å². The van der Waals surface area contributed by atoms with Gasteiger partial charge in [-0.05, 0) is 36.4 Å². The van der Waals surface area contributed by atoms with E-state index in [0.717, 1.165) is 5.69 Å². The number of amides is 1. The second-order valence-corrected chi connectivity index (χ2v) is 5.73. The number of pyridine rings is 1. The van der Waals surface area contributed by atoms with Crippen molar-refractivity contribution in [1.82, 2.24) is 20.5 Å². The molecule has 1 amide bonds. The van der Waals surface area contributed by atoms with E-state index < -0.39 is 0 Å². The van der Waals surface area contributed by atoms with Gasteiger partial charge in [-0.3, -0.25) is 9.78 Å². The summed E-state index contributed by atoms with van der Waals surface area (Å²) in [5.41, 5.74) is 1.35. The number of anilines is 3. The van der Waals surface area contributed by atoms with E-state index in [0.29, 0.717) is 35.3 Å². The Morgan fingerprint density at radius 3 is 2.38 bits per heavy atom. The zero-order chi connectivity index (χ0) is 18.2. The number of hydrogen-bond acceptors (Lipinski definition) is 6. The highest BCUT2D eigenvalue weighted by molar-refractivity contribution is 6.33. The van der Waals surface area contributed by atoms with E-state index in [2.05, 4.69) is 31.1 Å². The summed E-state index contributed by atoms with van der Waals surface area (Å²) in [6.45, 7) is 0.949. The summed E-state index contributed by atoms with van der Waals surface area (Å²) in [4.78, 5) is 16.0. The largest absolute Gasteiger partial charge is 0.367 e. The number of carbonyl (C=O) groups is 1. The first-order chi connectivity index (χ1) is 12.7. The van der Waals surface area contributed by atoms with Crippen molar-refractivity contribution in [1.29, 1.82) is 0 Å². The van der Waals surface area contributed by atoms with Gasteiger partial charge in [-0.2, -0.15) is 0 Å². The molecule has 3 N–H and O–H groups in total. The maximum absolute atomic E-state index is 12.0. The summed E-state index contributed by atoms with van der Waals surface area (Å²) in [5.74, 6) is 1.05. The van der Waals surface area contributed by atoms with E-state index in [9.17, 15) is 4.79 Å². The van der Waals surface area contributed by atoms with Gasteiger partial charge in [-0.1, -0.05) is 23.7 Å². The fourth-order valence-electron chi connectivity index (χ4n) is 2.18. The minimum absolute atomic E-state index is 0.208. The summed E-state index contributed by atoms with van der Waals surface area (Å²) in [6.07, 6.45) is 3.39. The third-order valence-corrected chi connectivity index (χ3v) is 3.78. The first-order valence-corrected chi connectivity index (χ1v) is 8.37. The molecule has 26 heavy (non-hydrogen) atoms. The molecule has 0 bridgehead atoms. The number of carbonyl (C=O) groups excluding carboxylic acids is 1. The van der Waals surface area contributed by atoms with Crippen LogP contribution in [0.15, 0.2) is 60.9 Å². The van der Waals surface area contributed by atoms with E-state index >= 15 is 0 Å². The lowest BCUT2D eigenvalue weighted by atomic mass is 10.2. The minimum Gasteiger partial charge on any atom is -0.367 e. The van der Waals surface area contributed by atoms with Crippen LogP contribution in [-0.2, 0) is 0 Å². The topological polar surface area (TPSA) is 91.8 Å². The quantitative estimate of drug-likeness (QED) is 0.555. The number of rotatable bonds is 7. The van der Waals surface area contributed by atoms with E-state index in [-0.39, 0.29) is 5.91 Å². The van der Waals surface area contributed by atoms with Gasteiger partial charge in [-0.25, -0.2) is 0 Å². The molecule has 0 saturated carbocycles. The predicted molar refractivity (Wildman–Crippen MR) is 102 cm³/mol. The number of hydrogen-bond donors (Lipinski definition) is 3. The van der Waals surface area contributed by atoms with Crippen LogP contribution in [0.5, 0.6) is 0 Å². The van der Waals surface area contributed by atoms with Crippen molar-refractivity contribution in [2.45, 2.75) is 0 Å². The van der Waals surface area contributed by atoms with Gasteiger partial charge in [0.15, 0.2) is 5.82 Å². The van der Waals surface area contributed by atoms with Gasteiger partial charge < -0.3 is 16.0 Å². The van der Waals surface area contributed by atoms with E-state index in [4.69, 9.17) is 11.6 Å². The van der Waals surface area contributed by atoms with Crippen LogP contribution in [0.4, 0.5) is 17.3 Å². The molecule has 2 heterocycles. The molecule has 0 radical (unpaired) electrons. The Balaban J connectivity index is 1.44. The van der Waals surface area contributed by atoms with Gasteiger partial charge in [-0.15, -0.1) is 10.2 Å². The molecule has 3 aromatic rings. The Morgan fingerprint density at radius 2 is 1.65 bits per heavy atom. The highest BCUT2D eigenvalue weighted by Crippen LogP contribution is 2.14. The molecule has 0 saturated heterocycles. The lowest BCUT2D eigenvalue weighted by molar-refractivity contribution is 0.0955. The monoisotopic (exact) mass is 368 g/mol. The number of halogens is 1. The third kappa shape index (κ3) is 4.90. The van der Waals surface area contributed by atoms with Crippen molar-refractivity contribution in [3.8, 4) is 0 Å². The molecule has 0 aliphatic heterocycles. The highest BCUT2D eigenvalue weighted by atomic mass is 35.5. The molecule has 0 fully saturated rings. The van der Waals surface area contributed by atoms with Crippen LogP contribution in [0.2, 0.25) is 5.02 Å². The zero-order valence-corrected chi connectivity index (χ0v) is 14.6. The van der Waals surface area contributed by atoms with Crippen LogP contribution in [0.1, 0.15) is 10.4 Å². The third-order valence-electron chi connectivity index (χ3n) is 3.45. The van der Waals surface area contributed by atoms with Gasteiger partial charge >= 0.3 is 0 Å². The SMILES string of the molecule is O=C(NCCNc1ccc(Nc2ccncc2)nn1)c1ccccc1Cl. The molecule has 132 valence electrons. The van der Waals surface area contributed by atoms with Crippen LogP contribution < -0.4 is 16.0 Å². The number of benzene rings is 1. The first kappa shape index (κ1) is 17.6. The highest BCUT2D eigenvalue weighted by Gasteiger charge is 2.08. The molecular formula is C18H17ClN6O. The average Bonchev–Trinajstić information content (AvgIpc) is 2.67. The van der Waals surface area contributed by atoms with Crippen molar-refractivity contribution in [3.63, 3.8) is 0 Å².